The quantitative estimate of drug-likeness (QED) is 0.680. The summed E-state index contributed by atoms with van der Waals surface area (Å²) in [6.07, 6.45) is 7.00. The first kappa shape index (κ1) is 19.8. The van der Waals surface area contributed by atoms with Crippen molar-refractivity contribution in [2.45, 2.75) is 19.3 Å². The number of aromatic nitrogens is 3. The minimum atomic E-state index is -0.444. The van der Waals surface area contributed by atoms with Crippen LogP contribution >= 0.6 is 11.3 Å². The van der Waals surface area contributed by atoms with Crippen LogP contribution in [0.2, 0.25) is 0 Å². The summed E-state index contributed by atoms with van der Waals surface area (Å²) in [4.78, 5) is 29.0. The lowest BCUT2D eigenvalue weighted by molar-refractivity contribution is -0.114. The number of carbonyl (C=O) groups is 1. The summed E-state index contributed by atoms with van der Waals surface area (Å²) in [6, 6.07) is 10.1. The zero-order chi connectivity index (χ0) is 21.3. The number of nitrogen functional groups attached to an aromatic ring is 1. The van der Waals surface area contributed by atoms with Crippen molar-refractivity contribution in [1.82, 2.24) is 14.6 Å². The number of ether oxygens (including phenoxy) is 1. The molecule has 3 aromatic rings. The third-order valence-electron chi connectivity index (χ3n) is 4.91. The highest BCUT2D eigenvalue weighted by atomic mass is 32.1. The first-order valence-electron chi connectivity index (χ1n) is 9.45. The van der Waals surface area contributed by atoms with E-state index in [-0.39, 0.29) is 28.8 Å². The van der Waals surface area contributed by atoms with Gasteiger partial charge >= 0.3 is 0 Å². The van der Waals surface area contributed by atoms with E-state index in [0.29, 0.717) is 10.5 Å². The van der Waals surface area contributed by atoms with Gasteiger partial charge < -0.3 is 10.5 Å². The molecule has 0 unspecified atom stereocenters. The molecule has 0 fully saturated rings. The Hall–Kier alpha value is -3.52. The Bertz CT molecular complexity index is 1270. The van der Waals surface area contributed by atoms with Crippen LogP contribution in [0.15, 0.2) is 64.7 Å². The van der Waals surface area contributed by atoms with Crippen LogP contribution in [0.4, 0.5) is 5.82 Å². The molecule has 0 saturated carbocycles. The molecule has 1 atom stereocenters. The van der Waals surface area contributed by atoms with Gasteiger partial charge in [-0.25, -0.2) is 0 Å². The molecule has 4 rings (SSSR count). The van der Waals surface area contributed by atoms with Crippen LogP contribution in [0.25, 0.3) is 11.0 Å². The molecule has 30 heavy (non-hydrogen) atoms. The van der Waals surface area contributed by atoms with Crippen LogP contribution in [-0.4, -0.2) is 27.5 Å². The number of hydrogen-bond acceptors (Lipinski definition) is 7. The Morgan fingerprint density at radius 1 is 1.23 bits per heavy atom. The molecule has 0 amide bonds. The second-order valence-electron chi connectivity index (χ2n) is 6.78. The van der Waals surface area contributed by atoms with Gasteiger partial charge in [-0.1, -0.05) is 54.7 Å². The largest absolute Gasteiger partial charge is 0.493 e. The Labute approximate surface area is 176 Å². The summed E-state index contributed by atoms with van der Waals surface area (Å²) < 4.78 is 6.58. The summed E-state index contributed by atoms with van der Waals surface area (Å²) >= 11 is 1.36. The maximum Gasteiger partial charge on any atom is 0.283 e. The number of nitrogens with zero attached hydrogens (tertiary/aromatic N) is 3. The predicted molar refractivity (Wildman–Crippen MR) is 117 cm³/mol. The SMILES string of the molecule is CC[C@@H](c1ccccc1)c1nn2c(N)c(C=C3C=CC(=O)C(OC)=C3)c(=O)nc2s1. The summed E-state index contributed by atoms with van der Waals surface area (Å²) in [5.74, 6) is 0.263. The monoisotopic (exact) mass is 420 g/mol. The van der Waals surface area contributed by atoms with Crippen molar-refractivity contribution in [2.24, 2.45) is 0 Å². The van der Waals surface area contributed by atoms with Gasteiger partial charge in [-0.05, 0) is 35.8 Å². The maximum absolute atomic E-state index is 12.6. The molecule has 152 valence electrons. The smallest absolute Gasteiger partial charge is 0.283 e. The molecule has 1 aliphatic carbocycles. The molecule has 2 N–H and O–H groups in total. The summed E-state index contributed by atoms with van der Waals surface area (Å²) in [5, 5.41) is 5.51. The second-order valence-corrected chi connectivity index (χ2v) is 7.76. The van der Waals surface area contributed by atoms with Crippen molar-refractivity contribution >= 4 is 34.0 Å². The molecule has 8 heteroatoms. The zero-order valence-corrected chi connectivity index (χ0v) is 17.3. The van der Waals surface area contributed by atoms with Crippen LogP contribution in [0.1, 0.15) is 35.4 Å². The van der Waals surface area contributed by atoms with Crippen molar-refractivity contribution in [3.05, 3.63) is 86.4 Å². The molecule has 0 spiro atoms. The molecule has 7 nitrogen and oxygen atoms in total. The van der Waals surface area contributed by atoms with E-state index in [1.807, 2.05) is 18.2 Å². The number of methoxy groups -OCH3 is 1. The average Bonchev–Trinajstić information content (AvgIpc) is 3.17. The third kappa shape index (κ3) is 3.57. The van der Waals surface area contributed by atoms with Gasteiger partial charge in [-0.3, -0.25) is 9.59 Å². The van der Waals surface area contributed by atoms with Gasteiger partial charge in [0, 0.05) is 5.92 Å². The number of rotatable bonds is 5. The first-order valence-corrected chi connectivity index (χ1v) is 10.3. The number of carbonyl (C=O) groups excluding carboxylic acids is 1. The molecular formula is C22H20N4O3S. The van der Waals surface area contributed by atoms with Gasteiger partial charge in [0.1, 0.15) is 10.8 Å². The van der Waals surface area contributed by atoms with Crippen LogP contribution in [-0.2, 0) is 9.53 Å². The molecule has 1 aliphatic rings. The topological polar surface area (TPSA) is 99.6 Å². The van der Waals surface area contributed by atoms with Crippen molar-refractivity contribution in [2.75, 3.05) is 12.8 Å². The van der Waals surface area contributed by atoms with Gasteiger partial charge in [-0.15, -0.1) is 0 Å². The van der Waals surface area contributed by atoms with E-state index in [1.165, 1.54) is 29.0 Å². The fourth-order valence-corrected chi connectivity index (χ4v) is 4.46. The van der Waals surface area contributed by atoms with Crippen molar-refractivity contribution < 1.29 is 9.53 Å². The Balaban J connectivity index is 1.80. The van der Waals surface area contributed by atoms with Crippen LogP contribution in [0, 0.1) is 0 Å². The normalized spacial score (nSPS) is 16.1. The molecule has 2 heterocycles. The Kier molecular flexibility index (Phi) is 5.33. The summed E-state index contributed by atoms with van der Waals surface area (Å²) in [5.41, 5.74) is 7.85. The molecule has 1 aromatic carbocycles. The standard InChI is InChI=1S/C22H20N4O3S/c1-3-15(14-7-5-4-6-8-14)21-25-26-19(23)16(20(28)24-22(26)30-21)11-13-9-10-17(27)18(12-13)29-2/h4-12,15H,3,23H2,1-2H3/t15-/m0/s1. The van der Waals surface area contributed by atoms with Crippen LogP contribution in [0.5, 0.6) is 0 Å². The number of ketones is 1. The predicted octanol–water partition coefficient (Wildman–Crippen LogP) is 3.33. The van der Waals surface area contributed by atoms with Gasteiger partial charge in [0.2, 0.25) is 10.7 Å². The molecule has 0 saturated heterocycles. The number of nitrogens with two attached hydrogens (primary N) is 1. The molecule has 2 aromatic heterocycles. The van der Waals surface area contributed by atoms with E-state index >= 15 is 0 Å². The van der Waals surface area contributed by atoms with Crippen molar-refractivity contribution in [3.63, 3.8) is 0 Å². The average molecular weight is 420 g/mol. The van der Waals surface area contributed by atoms with Crippen molar-refractivity contribution in [1.29, 1.82) is 0 Å². The number of hydrogen-bond donors (Lipinski definition) is 1. The summed E-state index contributed by atoms with van der Waals surface area (Å²) in [7, 11) is 1.42. The van der Waals surface area contributed by atoms with Gasteiger partial charge in [0.05, 0.1) is 12.7 Å². The highest BCUT2D eigenvalue weighted by Crippen LogP contribution is 2.31. The van der Waals surface area contributed by atoms with Crippen molar-refractivity contribution in [3.8, 4) is 0 Å². The van der Waals surface area contributed by atoms with E-state index in [4.69, 9.17) is 10.5 Å². The van der Waals surface area contributed by atoms with Gasteiger partial charge in [-0.2, -0.15) is 14.6 Å². The highest BCUT2D eigenvalue weighted by Gasteiger charge is 2.20. The van der Waals surface area contributed by atoms with E-state index < -0.39 is 5.56 Å². The first-order chi connectivity index (χ1) is 14.5. The van der Waals surface area contributed by atoms with E-state index in [0.717, 1.165) is 17.0 Å². The van der Waals surface area contributed by atoms with Gasteiger partial charge in [0.25, 0.3) is 5.56 Å². The number of fused-ring (bicyclic) bond motifs is 1. The fourth-order valence-electron chi connectivity index (χ4n) is 3.35. The van der Waals surface area contributed by atoms with E-state index in [2.05, 4.69) is 29.1 Å². The lowest BCUT2D eigenvalue weighted by Crippen LogP contribution is -2.17. The molecule has 0 aliphatic heterocycles. The lowest BCUT2D eigenvalue weighted by Gasteiger charge is -2.11. The molecular weight excluding hydrogens is 400 g/mol. The minimum Gasteiger partial charge on any atom is -0.493 e. The lowest BCUT2D eigenvalue weighted by atomic mass is 9.97. The van der Waals surface area contributed by atoms with E-state index in [9.17, 15) is 9.59 Å². The Morgan fingerprint density at radius 2 is 2.00 bits per heavy atom. The highest BCUT2D eigenvalue weighted by molar-refractivity contribution is 7.16. The third-order valence-corrected chi connectivity index (χ3v) is 5.94. The number of anilines is 1. The fraction of sp³-hybridized carbons (Fsp3) is 0.182. The maximum atomic E-state index is 12.6. The Morgan fingerprint density at radius 3 is 2.70 bits per heavy atom. The van der Waals surface area contributed by atoms with E-state index in [1.54, 1.807) is 18.2 Å². The molecule has 0 bridgehead atoms. The van der Waals surface area contributed by atoms with Gasteiger partial charge in [0.15, 0.2) is 5.76 Å². The minimum absolute atomic E-state index is 0.0914. The van der Waals surface area contributed by atoms with Crippen LogP contribution < -0.4 is 11.3 Å². The summed E-state index contributed by atoms with van der Waals surface area (Å²) in [6.45, 7) is 2.09. The second kappa shape index (κ2) is 8.08. The zero-order valence-electron chi connectivity index (χ0n) is 16.5. The number of allylic oxidation sites excluding steroid dienone is 4. The molecule has 0 radical (unpaired) electrons. The van der Waals surface area contributed by atoms with Crippen LogP contribution in [0.3, 0.4) is 0 Å². The number of benzene rings is 1.